The average Bonchev–Trinajstić information content (AvgIpc) is 2.82. The lowest BCUT2D eigenvalue weighted by molar-refractivity contribution is -0.190. The molecule has 0 aromatic rings. The number of ether oxygens (including phenoxy) is 1. The van der Waals surface area contributed by atoms with Gasteiger partial charge in [-0.3, -0.25) is 14.4 Å². The van der Waals surface area contributed by atoms with Crippen molar-refractivity contribution in [2.75, 3.05) is 7.11 Å². The van der Waals surface area contributed by atoms with E-state index in [1.165, 1.54) is 7.11 Å². The summed E-state index contributed by atoms with van der Waals surface area (Å²) in [6, 6.07) is 2.09. The Hall–Kier alpha value is -2.26. The summed E-state index contributed by atoms with van der Waals surface area (Å²) in [4.78, 5) is 40.8. The van der Waals surface area contributed by atoms with E-state index in [0.717, 1.165) is 50.5 Å². The molecule has 5 aliphatic rings. The van der Waals surface area contributed by atoms with Crippen molar-refractivity contribution in [3.8, 4) is 6.07 Å². The van der Waals surface area contributed by atoms with Crippen LogP contribution in [-0.2, 0) is 19.1 Å². The monoisotopic (exact) mass is 506 g/mol. The topological polar surface area (TPSA) is 110 Å². The summed E-state index contributed by atoms with van der Waals surface area (Å²) in [5, 5.41) is 9.81. The van der Waals surface area contributed by atoms with Gasteiger partial charge in [0.25, 0.3) is 0 Å². The number of nitrogens with two attached hydrogens (primary N) is 1. The number of esters is 1. The van der Waals surface area contributed by atoms with Gasteiger partial charge in [0.2, 0.25) is 0 Å². The Morgan fingerprint density at radius 2 is 1.70 bits per heavy atom. The SMILES string of the molecule is COC(=O)[C@]12CCC(C)(C)CC1C1C(=O)C=C3[C@@]4(C)C=C(C#N)C(=O)[C@@](C)(N)C4CC[C@@]3(C)[C@]1(C)CC2. The third-order valence-corrected chi connectivity index (χ3v) is 12.2. The molecule has 5 aliphatic carbocycles. The van der Waals surface area contributed by atoms with E-state index in [0.29, 0.717) is 0 Å². The molecule has 0 amide bonds. The number of methoxy groups -OCH3 is 1. The molecular formula is C31H42N2O4. The summed E-state index contributed by atoms with van der Waals surface area (Å²) in [5.41, 5.74) is 4.69. The molecule has 200 valence electrons. The molecule has 5 rings (SSSR count). The molecule has 0 spiro atoms. The van der Waals surface area contributed by atoms with Crippen molar-refractivity contribution in [2.24, 2.45) is 50.6 Å². The van der Waals surface area contributed by atoms with Crippen LogP contribution in [0.1, 0.15) is 86.5 Å². The molecule has 0 bridgehead atoms. The fourth-order valence-electron chi connectivity index (χ4n) is 9.95. The van der Waals surface area contributed by atoms with Crippen LogP contribution in [0.4, 0.5) is 0 Å². The van der Waals surface area contributed by atoms with Crippen molar-refractivity contribution in [3.05, 3.63) is 23.3 Å². The van der Waals surface area contributed by atoms with Crippen molar-refractivity contribution in [2.45, 2.75) is 92.0 Å². The lowest BCUT2D eigenvalue weighted by atomic mass is 9.34. The number of hydrogen-bond acceptors (Lipinski definition) is 6. The second-order valence-corrected chi connectivity index (χ2v) is 14.5. The van der Waals surface area contributed by atoms with Gasteiger partial charge in [0, 0.05) is 11.3 Å². The normalized spacial score (nSPS) is 48.2. The van der Waals surface area contributed by atoms with Crippen LogP contribution in [0.3, 0.4) is 0 Å². The number of carbonyl (C=O) groups is 3. The number of allylic oxidation sites excluding steroid dienone is 3. The maximum absolute atomic E-state index is 14.3. The number of nitriles is 1. The number of fused-ring (bicyclic) bond motifs is 7. The van der Waals surface area contributed by atoms with Crippen LogP contribution in [-0.4, -0.2) is 30.2 Å². The third kappa shape index (κ3) is 3.10. The Morgan fingerprint density at radius 3 is 2.32 bits per heavy atom. The van der Waals surface area contributed by atoms with Crippen LogP contribution in [0.5, 0.6) is 0 Å². The van der Waals surface area contributed by atoms with Crippen LogP contribution in [0.15, 0.2) is 23.3 Å². The van der Waals surface area contributed by atoms with E-state index in [9.17, 15) is 19.6 Å². The van der Waals surface area contributed by atoms with Gasteiger partial charge in [0.05, 0.1) is 23.6 Å². The zero-order chi connectivity index (χ0) is 27.4. The Morgan fingerprint density at radius 1 is 1.05 bits per heavy atom. The van der Waals surface area contributed by atoms with Crippen molar-refractivity contribution in [3.63, 3.8) is 0 Å². The highest BCUT2D eigenvalue weighted by Gasteiger charge is 2.71. The molecule has 8 atom stereocenters. The van der Waals surface area contributed by atoms with Gasteiger partial charge in [-0.2, -0.15) is 5.26 Å². The van der Waals surface area contributed by atoms with E-state index in [-0.39, 0.29) is 57.1 Å². The Kier molecular flexibility index (Phi) is 5.45. The predicted octanol–water partition coefficient (Wildman–Crippen LogP) is 5.07. The minimum atomic E-state index is -1.17. The van der Waals surface area contributed by atoms with Gasteiger partial charge >= 0.3 is 5.97 Å². The van der Waals surface area contributed by atoms with Crippen LogP contribution >= 0.6 is 0 Å². The molecule has 0 radical (unpaired) electrons. The molecule has 3 fully saturated rings. The number of Topliss-reactive ketones (excluding diaryl/α,β-unsaturated/α-hetero) is 1. The van der Waals surface area contributed by atoms with Gasteiger partial charge in [0.1, 0.15) is 6.07 Å². The average molecular weight is 507 g/mol. The van der Waals surface area contributed by atoms with Gasteiger partial charge in [-0.05, 0) is 86.0 Å². The number of rotatable bonds is 1. The molecule has 3 unspecified atom stereocenters. The predicted molar refractivity (Wildman–Crippen MR) is 140 cm³/mol. The van der Waals surface area contributed by atoms with E-state index in [2.05, 4.69) is 40.7 Å². The molecule has 0 aromatic heterocycles. The molecule has 0 aromatic carbocycles. The number of nitrogens with zero attached hydrogens (tertiary/aromatic N) is 1. The molecule has 0 aliphatic heterocycles. The minimum absolute atomic E-state index is 0.0464. The molecule has 37 heavy (non-hydrogen) atoms. The Bertz CT molecular complexity index is 1200. The molecule has 2 N–H and O–H groups in total. The van der Waals surface area contributed by atoms with Gasteiger partial charge in [-0.15, -0.1) is 0 Å². The Balaban J connectivity index is 1.71. The summed E-state index contributed by atoms with van der Waals surface area (Å²) >= 11 is 0. The van der Waals surface area contributed by atoms with Crippen LogP contribution < -0.4 is 5.73 Å². The van der Waals surface area contributed by atoms with E-state index in [4.69, 9.17) is 10.5 Å². The first-order valence-corrected chi connectivity index (χ1v) is 13.9. The summed E-state index contributed by atoms with van der Waals surface area (Å²) in [5.74, 6) is -0.934. The number of carbonyl (C=O) groups excluding carboxylic acids is 3. The minimum Gasteiger partial charge on any atom is -0.469 e. The zero-order valence-corrected chi connectivity index (χ0v) is 23.5. The number of ketones is 2. The van der Waals surface area contributed by atoms with Crippen LogP contribution in [0.2, 0.25) is 0 Å². The second-order valence-electron chi connectivity index (χ2n) is 14.5. The fourth-order valence-corrected chi connectivity index (χ4v) is 9.95. The van der Waals surface area contributed by atoms with Gasteiger partial charge < -0.3 is 10.5 Å². The highest BCUT2D eigenvalue weighted by Crippen LogP contribution is 2.74. The van der Waals surface area contributed by atoms with E-state index < -0.39 is 16.4 Å². The summed E-state index contributed by atoms with van der Waals surface area (Å²) in [7, 11) is 1.47. The van der Waals surface area contributed by atoms with E-state index in [1.54, 1.807) is 13.0 Å². The number of hydrogen-bond donors (Lipinski definition) is 1. The Labute approximate surface area is 221 Å². The first-order chi connectivity index (χ1) is 17.0. The molecule has 0 saturated heterocycles. The highest BCUT2D eigenvalue weighted by atomic mass is 16.5. The van der Waals surface area contributed by atoms with Crippen molar-refractivity contribution in [1.82, 2.24) is 0 Å². The summed E-state index contributed by atoms with van der Waals surface area (Å²) in [6.45, 7) is 12.9. The molecular weight excluding hydrogens is 464 g/mol. The standard InChI is InChI=1S/C31H42N2O4/c1-26(2)10-12-31(25(36)37-7)13-11-29(5)23(19(31)16-26)20(34)14-22-27(3)15-18(17-32)24(35)30(6,33)21(27)8-9-28(22,29)4/h14-15,19,21,23H,8-13,16,33H2,1-7H3/t19?,21?,23?,27-,28+,29+,30-,31-/m0/s1. The lowest BCUT2D eigenvalue weighted by Gasteiger charge is -2.68. The lowest BCUT2D eigenvalue weighted by Crippen LogP contribution is -2.68. The zero-order valence-electron chi connectivity index (χ0n) is 23.5. The van der Waals surface area contributed by atoms with Crippen molar-refractivity contribution < 1.29 is 19.1 Å². The van der Waals surface area contributed by atoms with Gasteiger partial charge in [-0.1, -0.05) is 46.3 Å². The third-order valence-electron chi connectivity index (χ3n) is 12.2. The summed E-state index contributed by atoms with van der Waals surface area (Å²) in [6.07, 6.45) is 9.20. The molecule has 6 heteroatoms. The van der Waals surface area contributed by atoms with Gasteiger partial charge in [-0.25, -0.2) is 0 Å². The smallest absolute Gasteiger partial charge is 0.312 e. The second kappa shape index (κ2) is 7.65. The highest BCUT2D eigenvalue weighted by molar-refractivity contribution is 6.07. The van der Waals surface area contributed by atoms with E-state index in [1.807, 2.05) is 6.08 Å². The summed E-state index contributed by atoms with van der Waals surface area (Å²) < 4.78 is 5.39. The van der Waals surface area contributed by atoms with Crippen molar-refractivity contribution in [1.29, 1.82) is 5.26 Å². The van der Waals surface area contributed by atoms with Gasteiger partial charge in [0.15, 0.2) is 11.6 Å². The largest absolute Gasteiger partial charge is 0.469 e. The van der Waals surface area contributed by atoms with Crippen molar-refractivity contribution >= 4 is 17.5 Å². The quantitative estimate of drug-likeness (QED) is 0.497. The first-order valence-electron chi connectivity index (χ1n) is 13.9. The molecule has 0 heterocycles. The first kappa shape index (κ1) is 26.4. The van der Waals surface area contributed by atoms with Crippen LogP contribution in [0, 0.1) is 56.2 Å². The molecule has 6 nitrogen and oxygen atoms in total. The maximum atomic E-state index is 14.3. The molecule has 3 saturated carbocycles. The van der Waals surface area contributed by atoms with E-state index >= 15 is 0 Å². The van der Waals surface area contributed by atoms with Crippen LogP contribution in [0.25, 0.3) is 0 Å². The fraction of sp³-hybridized carbons (Fsp3) is 0.742. The maximum Gasteiger partial charge on any atom is 0.312 e.